The molecule has 0 saturated carbocycles. The summed E-state index contributed by atoms with van der Waals surface area (Å²) in [5.74, 6) is 0.276. The smallest absolute Gasteiger partial charge is 0.326 e. The Morgan fingerprint density at radius 1 is 0.868 bits per heavy atom. The Morgan fingerprint density at radius 3 is 2.11 bits per heavy atom. The number of amides is 3. The molecule has 4 aromatic rings. The SMILES string of the molecule is Cc1cc(NC(=O)NC(=O)c2ccccc2Cl)c(C)c(Cl)c1Oc1ccc([S+]([O-])c2ccc(Cl)cc2)cc1. The Hall–Kier alpha value is -3.20. The van der Waals surface area contributed by atoms with Gasteiger partial charge in [-0.15, -0.1) is 0 Å². The van der Waals surface area contributed by atoms with Gasteiger partial charge in [-0.1, -0.05) is 46.9 Å². The third-order valence-electron chi connectivity index (χ3n) is 5.53. The molecule has 0 saturated heterocycles. The van der Waals surface area contributed by atoms with Crippen LogP contribution in [0.25, 0.3) is 0 Å². The fourth-order valence-corrected chi connectivity index (χ4v) is 5.20. The second-order valence-corrected chi connectivity index (χ2v) is 10.9. The van der Waals surface area contributed by atoms with E-state index < -0.39 is 23.1 Å². The molecular formula is C28H21Cl3N2O4S. The molecule has 0 radical (unpaired) electrons. The van der Waals surface area contributed by atoms with Crippen molar-refractivity contribution in [1.82, 2.24) is 5.32 Å². The van der Waals surface area contributed by atoms with E-state index in [-0.39, 0.29) is 10.6 Å². The number of nitrogens with one attached hydrogen (secondary N) is 2. The summed E-state index contributed by atoms with van der Waals surface area (Å²) < 4.78 is 18.8. The normalized spacial score (nSPS) is 11.5. The number of aryl methyl sites for hydroxylation is 1. The van der Waals surface area contributed by atoms with Gasteiger partial charge in [-0.05, 0) is 91.7 Å². The first-order chi connectivity index (χ1) is 18.1. The summed E-state index contributed by atoms with van der Waals surface area (Å²) in [4.78, 5) is 26.1. The predicted octanol–water partition coefficient (Wildman–Crippen LogP) is 8.18. The number of carbonyl (C=O) groups excluding carboxylic acids is 2. The summed E-state index contributed by atoms with van der Waals surface area (Å²) in [6, 6.07) is 21.0. The van der Waals surface area contributed by atoms with Crippen molar-refractivity contribution in [2.45, 2.75) is 23.6 Å². The number of hydrogen-bond acceptors (Lipinski definition) is 4. The zero-order chi connectivity index (χ0) is 27.4. The van der Waals surface area contributed by atoms with E-state index in [1.54, 1.807) is 86.6 Å². The number of hydrogen-bond donors (Lipinski definition) is 2. The van der Waals surface area contributed by atoms with E-state index in [0.29, 0.717) is 48.1 Å². The molecule has 0 aliphatic rings. The molecule has 0 aromatic heterocycles. The van der Waals surface area contributed by atoms with Gasteiger partial charge < -0.3 is 14.6 Å². The molecule has 4 rings (SSSR count). The molecule has 2 N–H and O–H groups in total. The van der Waals surface area contributed by atoms with Crippen LogP contribution in [0.3, 0.4) is 0 Å². The van der Waals surface area contributed by atoms with Gasteiger partial charge in [-0.25, -0.2) is 4.79 Å². The van der Waals surface area contributed by atoms with Crippen LogP contribution < -0.4 is 15.4 Å². The van der Waals surface area contributed by atoms with Crippen molar-refractivity contribution < 1.29 is 18.9 Å². The molecule has 1 unspecified atom stereocenters. The Balaban J connectivity index is 1.46. The molecule has 0 spiro atoms. The molecule has 0 fully saturated rings. The van der Waals surface area contributed by atoms with Crippen molar-refractivity contribution in [3.8, 4) is 11.5 Å². The van der Waals surface area contributed by atoms with Crippen molar-refractivity contribution in [2.75, 3.05) is 5.32 Å². The topological polar surface area (TPSA) is 90.5 Å². The minimum atomic E-state index is -1.37. The lowest BCUT2D eigenvalue weighted by atomic mass is 10.1. The van der Waals surface area contributed by atoms with Crippen LogP contribution in [0, 0.1) is 13.8 Å². The van der Waals surface area contributed by atoms with E-state index in [4.69, 9.17) is 39.5 Å². The van der Waals surface area contributed by atoms with Crippen LogP contribution in [0.2, 0.25) is 15.1 Å². The molecular weight excluding hydrogens is 567 g/mol. The monoisotopic (exact) mass is 586 g/mol. The molecule has 0 bridgehead atoms. The highest BCUT2D eigenvalue weighted by Crippen LogP contribution is 2.39. The lowest BCUT2D eigenvalue weighted by molar-refractivity contribution is 0.0967. The van der Waals surface area contributed by atoms with Crippen molar-refractivity contribution in [3.63, 3.8) is 0 Å². The standard InChI is InChI=1S/C28H21Cl3N2O4S/c1-16-15-24(32-28(35)33-27(34)22-5-3-4-6-23(22)30)17(2)25(31)26(16)37-19-9-13-21(14-10-19)38(36)20-11-7-18(29)8-12-20/h3-15H,1-2H3,(H2,32,33,34,35). The first-order valence-corrected chi connectivity index (χ1v) is 13.5. The van der Waals surface area contributed by atoms with Crippen molar-refractivity contribution in [2.24, 2.45) is 0 Å². The summed E-state index contributed by atoms with van der Waals surface area (Å²) >= 11 is 17.2. The Bertz CT molecular complexity index is 1500. The fourth-order valence-electron chi connectivity index (χ4n) is 3.52. The average molecular weight is 588 g/mol. The molecule has 10 heteroatoms. The van der Waals surface area contributed by atoms with Gasteiger partial charge in [0.2, 0.25) is 0 Å². The lowest BCUT2D eigenvalue weighted by Gasteiger charge is -2.17. The molecule has 0 heterocycles. The molecule has 0 aliphatic carbocycles. The van der Waals surface area contributed by atoms with Gasteiger partial charge in [0, 0.05) is 21.9 Å². The zero-order valence-electron chi connectivity index (χ0n) is 20.2. The van der Waals surface area contributed by atoms with Gasteiger partial charge in [0.1, 0.15) is 11.5 Å². The number of anilines is 1. The van der Waals surface area contributed by atoms with E-state index in [1.807, 2.05) is 0 Å². The molecule has 4 aromatic carbocycles. The molecule has 0 aliphatic heterocycles. The number of imide groups is 1. The largest absolute Gasteiger partial charge is 0.606 e. The zero-order valence-corrected chi connectivity index (χ0v) is 23.3. The summed E-state index contributed by atoms with van der Waals surface area (Å²) in [6.45, 7) is 3.50. The maximum Gasteiger partial charge on any atom is 0.326 e. The van der Waals surface area contributed by atoms with Crippen LogP contribution in [-0.2, 0) is 11.2 Å². The van der Waals surface area contributed by atoms with Crippen LogP contribution in [0.1, 0.15) is 21.5 Å². The third kappa shape index (κ3) is 6.43. The highest BCUT2D eigenvalue weighted by Gasteiger charge is 2.19. The third-order valence-corrected chi connectivity index (χ3v) is 7.97. The van der Waals surface area contributed by atoms with Crippen LogP contribution in [-0.4, -0.2) is 16.5 Å². The molecule has 1 atom stereocenters. The number of rotatable bonds is 6. The van der Waals surface area contributed by atoms with Gasteiger partial charge in [0.15, 0.2) is 9.79 Å². The Kier molecular flexibility index (Phi) is 8.87. The maximum atomic E-state index is 12.8. The quantitative estimate of drug-likeness (QED) is 0.223. The number of urea groups is 1. The molecule has 6 nitrogen and oxygen atoms in total. The molecule has 3 amide bonds. The first kappa shape index (κ1) is 27.8. The van der Waals surface area contributed by atoms with Crippen LogP contribution in [0.4, 0.5) is 10.5 Å². The van der Waals surface area contributed by atoms with E-state index >= 15 is 0 Å². The van der Waals surface area contributed by atoms with Crippen molar-refractivity contribution in [3.05, 3.63) is 111 Å². The fraction of sp³-hybridized carbons (Fsp3) is 0.0714. The van der Waals surface area contributed by atoms with E-state index in [0.717, 1.165) is 0 Å². The second kappa shape index (κ2) is 12.1. The van der Waals surface area contributed by atoms with Gasteiger partial charge in [0.25, 0.3) is 5.91 Å². The van der Waals surface area contributed by atoms with Crippen LogP contribution >= 0.6 is 34.8 Å². The molecule has 194 valence electrons. The number of ether oxygens (including phenoxy) is 1. The Labute approximate surface area is 238 Å². The Morgan fingerprint density at radius 2 is 1.47 bits per heavy atom. The van der Waals surface area contributed by atoms with Crippen molar-refractivity contribution in [1.29, 1.82) is 0 Å². The predicted molar refractivity (Wildman–Crippen MR) is 152 cm³/mol. The minimum absolute atomic E-state index is 0.182. The first-order valence-electron chi connectivity index (χ1n) is 11.3. The van der Waals surface area contributed by atoms with Gasteiger partial charge >= 0.3 is 6.03 Å². The summed E-state index contributed by atoms with van der Waals surface area (Å²) in [7, 11) is 0. The summed E-state index contributed by atoms with van der Waals surface area (Å²) in [5.41, 5.74) is 1.80. The number of halogens is 3. The van der Waals surface area contributed by atoms with Gasteiger partial charge in [0.05, 0.1) is 15.6 Å². The minimum Gasteiger partial charge on any atom is -0.606 e. The molecule has 38 heavy (non-hydrogen) atoms. The van der Waals surface area contributed by atoms with Gasteiger partial charge in [-0.3, -0.25) is 10.1 Å². The highest BCUT2D eigenvalue weighted by atomic mass is 35.5. The van der Waals surface area contributed by atoms with E-state index in [2.05, 4.69) is 10.6 Å². The van der Waals surface area contributed by atoms with Crippen LogP contribution in [0.5, 0.6) is 11.5 Å². The highest BCUT2D eigenvalue weighted by molar-refractivity contribution is 7.91. The van der Waals surface area contributed by atoms with E-state index in [9.17, 15) is 14.1 Å². The average Bonchev–Trinajstić information content (AvgIpc) is 2.90. The second-order valence-electron chi connectivity index (χ2n) is 8.19. The van der Waals surface area contributed by atoms with Crippen LogP contribution in [0.15, 0.2) is 88.7 Å². The number of carbonyl (C=O) groups is 2. The maximum absolute atomic E-state index is 12.8. The van der Waals surface area contributed by atoms with Gasteiger partial charge in [-0.2, -0.15) is 0 Å². The lowest BCUT2D eigenvalue weighted by Crippen LogP contribution is -2.34. The van der Waals surface area contributed by atoms with Crippen molar-refractivity contribution >= 4 is 63.6 Å². The summed E-state index contributed by atoms with van der Waals surface area (Å²) in [5, 5.41) is 6.01. The van der Waals surface area contributed by atoms with E-state index in [1.165, 1.54) is 6.07 Å². The number of benzene rings is 4. The summed E-state index contributed by atoms with van der Waals surface area (Å²) in [6.07, 6.45) is 0.